The summed E-state index contributed by atoms with van der Waals surface area (Å²) in [6.07, 6.45) is 0. The lowest BCUT2D eigenvalue weighted by Crippen LogP contribution is -2.43. The van der Waals surface area contributed by atoms with Gasteiger partial charge in [-0.1, -0.05) is 36.4 Å². The molecule has 0 saturated carbocycles. The monoisotopic (exact) mass is 360 g/mol. The van der Waals surface area contributed by atoms with Crippen LogP contribution in [-0.4, -0.2) is 50.4 Å². The molecule has 0 bridgehead atoms. The smallest absolute Gasteiger partial charge is 0.325 e. The number of phenols is 2. The Kier molecular flexibility index (Phi) is 6.16. The highest BCUT2D eigenvalue weighted by Gasteiger charge is 2.39. The number of phenolic OH excluding ortho intramolecular Hbond substituents is 2. The van der Waals surface area contributed by atoms with E-state index in [9.17, 15) is 30.0 Å². The predicted octanol–water partition coefficient (Wildman–Crippen LogP) is 1.31. The summed E-state index contributed by atoms with van der Waals surface area (Å²) < 4.78 is 0. The molecule has 2 rings (SSSR count). The minimum absolute atomic E-state index is 0.0191. The first-order chi connectivity index (χ1) is 12.4. The number of nitrogens with two attached hydrogens (primary N) is 1. The van der Waals surface area contributed by atoms with E-state index in [1.165, 1.54) is 36.4 Å². The fourth-order valence-electron chi connectivity index (χ4n) is 2.90. The van der Waals surface area contributed by atoms with Gasteiger partial charge in [0.2, 0.25) is 0 Å². The molecule has 2 aromatic carbocycles. The molecule has 0 heterocycles. The topological polar surface area (TPSA) is 144 Å². The number of carboxylic acids is 2. The van der Waals surface area contributed by atoms with E-state index in [4.69, 9.17) is 5.73 Å². The zero-order chi connectivity index (χ0) is 19.3. The molecule has 6 N–H and O–H groups in total. The number of carbonyl (C=O) groups is 2. The van der Waals surface area contributed by atoms with Crippen LogP contribution >= 0.6 is 0 Å². The highest BCUT2D eigenvalue weighted by Crippen LogP contribution is 2.37. The third-order valence-corrected chi connectivity index (χ3v) is 3.98. The van der Waals surface area contributed by atoms with E-state index in [-0.39, 0.29) is 35.7 Å². The van der Waals surface area contributed by atoms with E-state index < -0.39 is 24.0 Å². The van der Waals surface area contributed by atoms with Gasteiger partial charge in [0.05, 0.1) is 0 Å². The maximum Gasteiger partial charge on any atom is 0.325 e. The largest absolute Gasteiger partial charge is 0.508 e. The van der Waals surface area contributed by atoms with Crippen LogP contribution in [0.1, 0.15) is 23.2 Å². The van der Waals surface area contributed by atoms with Crippen molar-refractivity contribution in [2.45, 2.75) is 12.1 Å². The molecule has 2 aromatic rings. The van der Waals surface area contributed by atoms with Crippen molar-refractivity contribution >= 4 is 11.9 Å². The SMILES string of the molecule is NCCN(C(C(=O)O)c1ccccc1O)C(C(=O)O)c1ccccc1O. The van der Waals surface area contributed by atoms with Crippen molar-refractivity contribution in [2.75, 3.05) is 13.1 Å². The highest BCUT2D eigenvalue weighted by atomic mass is 16.4. The molecule has 0 aliphatic rings. The van der Waals surface area contributed by atoms with Gasteiger partial charge in [-0.15, -0.1) is 0 Å². The Bertz CT molecular complexity index is 731. The van der Waals surface area contributed by atoms with Crippen LogP contribution in [0, 0.1) is 0 Å². The Morgan fingerprint density at radius 2 is 1.23 bits per heavy atom. The van der Waals surface area contributed by atoms with Crippen LogP contribution in [0.5, 0.6) is 11.5 Å². The highest BCUT2D eigenvalue weighted by molar-refractivity contribution is 5.81. The molecule has 0 saturated heterocycles. The summed E-state index contributed by atoms with van der Waals surface area (Å²) in [6, 6.07) is 8.65. The van der Waals surface area contributed by atoms with Gasteiger partial charge in [0, 0.05) is 24.2 Å². The number of benzene rings is 2. The fraction of sp³-hybridized carbons (Fsp3) is 0.222. The molecule has 0 spiro atoms. The number of aromatic hydroxyl groups is 2. The standard InChI is InChI=1S/C18H20N2O6/c19-9-10-20(15(17(23)24)11-5-1-3-7-13(11)21)16(18(25)26)12-6-2-4-8-14(12)22/h1-8,15-16,21-22H,9-10,19H2,(H,23,24)(H,25,26). The summed E-state index contributed by atoms with van der Waals surface area (Å²) in [5.41, 5.74) is 5.66. The molecule has 2 atom stereocenters. The summed E-state index contributed by atoms with van der Waals surface area (Å²) in [7, 11) is 0. The fourth-order valence-corrected chi connectivity index (χ4v) is 2.90. The van der Waals surface area contributed by atoms with Crippen molar-refractivity contribution in [3.05, 3.63) is 59.7 Å². The molecular weight excluding hydrogens is 340 g/mol. The number of nitrogens with zero attached hydrogens (tertiary/aromatic N) is 1. The zero-order valence-corrected chi connectivity index (χ0v) is 13.8. The van der Waals surface area contributed by atoms with Crippen molar-refractivity contribution in [2.24, 2.45) is 5.73 Å². The van der Waals surface area contributed by atoms with Crippen LogP contribution in [0.2, 0.25) is 0 Å². The van der Waals surface area contributed by atoms with E-state index in [0.29, 0.717) is 0 Å². The molecule has 2 unspecified atom stereocenters. The summed E-state index contributed by atoms with van der Waals surface area (Å²) in [6.45, 7) is -0.106. The van der Waals surface area contributed by atoms with Crippen molar-refractivity contribution in [1.82, 2.24) is 4.90 Å². The number of carboxylic acid groups (broad SMARTS) is 2. The first kappa shape index (κ1) is 19.2. The lowest BCUT2D eigenvalue weighted by molar-refractivity contribution is -0.151. The minimum Gasteiger partial charge on any atom is -0.508 e. The summed E-state index contributed by atoms with van der Waals surface area (Å²) in [4.78, 5) is 25.1. The van der Waals surface area contributed by atoms with Crippen LogP contribution in [0.4, 0.5) is 0 Å². The molecule has 26 heavy (non-hydrogen) atoms. The van der Waals surface area contributed by atoms with Crippen LogP contribution in [-0.2, 0) is 9.59 Å². The Labute approximate surface area is 149 Å². The van der Waals surface area contributed by atoms with Crippen molar-refractivity contribution in [1.29, 1.82) is 0 Å². The number of rotatable bonds is 8. The maximum atomic E-state index is 12.0. The van der Waals surface area contributed by atoms with Crippen molar-refractivity contribution < 1.29 is 30.0 Å². The normalized spacial score (nSPS) is 13.3. The Morgan fingerprint density at radius 1 is 0.846 bits per heavy atom. The van der Waals surface area contributed by atoms with E-state index in [1.54, 1.807) is 12.1 Å². The molecule has 0 fully saturated rings. The second-order valence-electron chi connectivity index (χ2n) is 5.63. The van der Waals surface area contributed by atoms with E-state index in [1.807, 2.05) is 0 Å². The van der Waals surface area contributed by atoms with Gasteiger partial charge in [-0.3, -0.25) is 14.5 Å². The average Bonchev–Trinajstić information content (AvgIpc) is 2.58. The summed E-state index contributed by atoms with van der Waals surface area (Å²) in [5.74, 6) is -3.24. The molecule has 138 valence electrons. The average molecular weight is 360 g/mol. The number of hydrogen-bond acceptors (Lipinski definition) is 6. The van der Waals surface area contributed by atoms with E-state index in [0.717, 1.165) is 4.90 Å². The third-order valence-electron chi connectivity index (χ3n) is 3.98. The number of aliphatic carboxylic acids is 2. The molecule has 0 aliphatic carbocycles. The van der Waals surface area contributed by atoms with Crippen molar-refractivity contribution in [3.8, 4) is 11.5 Å². The van der Waals surface area contributed by atoms with E-state index >= 15 is 0 Å². The second-order valence-corrected chi connectivity index (χ2v) is 5.63. The van der Waals surface area contributed by atoms with Crippen LogP contribution in [0.3, 0.4) is 0 Å². The van der Waals surface area contributed by atoms with Crippen LogP contribution in [0.25, 0.3) is 0 Å². The molecule has 8 nitrogen and oxygen atoms in total. The molecule has 8 heteroatoms. The minimum atomic E-state index is -1.47. The second kappa shape index (κ2) is 8.32. The van der Waals surface area contributed by atoms with Crippen LogP contribution < -0.4 is 5.73 Å². The predicted molar refractivity (Wildman–Crippen MR) is 92.7 cm³/mol. The van der Waals surface area contributed by atoms with E-state index in [2.05, 4.69) is 0 Å². The Morgan fingerprint density at radius 3 is 1.54 bits per heavy atom. The van der Waals surface area contributed by atoms with Crippen molar-refractivity contribution in [3.63, 3.8) is 0 Å². The first-order valence-corrected chi connectivity index (χ1v) is 7.85. The van der Waals surface area contributed by atoms with Gasteiger partial charge in [0.15, 0.2) is 0 Å². The van der Waals surface area contributed by atoms with Gasteiger partial charge in [0.1, 0.15) is 23.6 Å². The number of para-hydroxylation sites is 2. The maximum absolute atomic E-state index is 12.0. The summed E-state index contributed by atoms with van der Waals surface area (Å²) >= 11 is 0. The number of hydrogen-bond donors (Lipinski definition) is 5. The van der Waals surface area contributed by atoms with Crippen LogP contribution in [0.15, 0.2) is 48.5 Å². The van der Waals surface area contributed by atoms with Gasteiger partial charge in [0.25, 0.3) is 0 Å². The Hall–Kier alpha value is -3.10. The lowest BCUT2D eigenvalue weighted by atomic mass is 9.97. The molecule has 0 amide bonds. The quantitative estimate of drug-likeness (QED) is 0.474. The van der Waals surface area contributed by atoms with Gasteiger partial charge in [-0.2, -0.15) is 0 Å². The van der Waals surface area contributed by atoms with Gasteiger partial charge < -0.3 is 26.2 Å². The Balaban J connectivity index is 2.62. The third kappa shape index (κ3) is 3.93. The molecule has 0 radical (unpaired) electrons. The zero-order valence-electron chi connectivity index (χ0n) is 13.8. The molecule has 0 aromatic heterocycles. The van der Waals surface area contributed by atoms with Gasteiger partial charge in [-0.05, 0) is 12.1 Å². The first-order valence-electron chi connectivity index (χ1n) is 7.85. The molecular formula is C18H20N2O6. The van der Waals surface area contributed by atoms with Gasteiger partial charge >= 0.3 is 11.9 Å². The lowest BCUT2D eigenvalue weighted by Gasteiger charge is -2.34. The molecule has 0 aliphatic heterocycles. The van der Waals surface area contributed by atoms with Gasteiger partial charge in [-0.25, -0.2) is 0 Å². The summed E-state index contributed by atoms with van der Waals surface area (Å²) in [5, 5.41) is 39.6.